The number of carbonyl (C=O) groups excluding carboxylic acids is 1. The number of hydrogen-bond donors (Lipinski definition) is 1. The highest BCUT2D eigenvalue weighted by atomic mass is 16.5. The van der Waals surface area contributed by atoms with Gasteiger partial charge < -0.3 is 10.1 Å². The first-order valence-electron chi connectivity index (χ1n) is 7.15. The predicted octanol–water partition coefficient (Wildman–Crippen LogP) is 2.51. The first-order chi connectivity index (χ1) is 10.2. The van der Waals surface area contributed by atoms with Crippen molar-refractivity contribution in [3.05, 3.63) is 59.9 Å². The molecule has 0 fully saturated rings. The number of nitrogens with one attached hydrogen (secondary N) is 1. The highest BCUT2D eigenvalue weighted by Crippen LogP contribution is 2.27. The number of nitrogens with zero attached hydrogens (tertiary/aromatic N) is 1. The molecule has 1 aliphatic rings. The second-order valence-electron chi connectivity index (χ2n) is 5.34. The molecule has 4 nitrogen and oxygen atoms in total. The van der Waals surface area contributed by atoms with Crippen molar-refractivity contribution in [1.82, 2.24) is 10.3 Å². The summed E-state index contributed by atoms with van der Waals surface area (Å²) < 4.78 is 5.67. The highest BCUT2D eigenvalue weighted by molar-refractivity contribution is 5.80. The Bertz CT molecular complexity index is 628. The van der Waals surface area contributed by atoms with Crippen molar-refractivity contribution < 1.29 is 9.53 Å². The van der Waals surface area contributed by atoms with Crippen LogP contribution in [0.25, 0.3) is 0 Å². The van der Waals surface area contributed by atoms with Gasteiger partial charge in [0, 0.05) is 12.4 Å². The van der Waals surface area contributed by atoms with E-state index >= 15 is 0 Å². The number of amides is 1. The van der Waals surface area contributed by atoms with E-state index in [4.69, 9.17) is 4.74 Å². The molecule has 1 aromatic carbocycles. The topological polar surface area (TPSA) is 51.2 Å². The molecule has 0 saturated carbocycles. The predicted molar refractivity (Wildman–Crippen MR) is 79.9 cm³/mol. The summed E-state index contributed by atoms with van der Waals surface area (Å²) >= 11 is 0. The molecule has 0 bridgehead atoms. The average molecular weight is 282 g/mol. The lowest BCUT2D eigenvalue weighted by Crippen LogP contribution is -2.38. The molecule has 1 N–H and O–H groups in total. The summed E-state index contributed by atoms with van der Waals surface area (Å²) in [5, 5.41) is 3.04. The van der Waals surface area contributed by atoms with Crippen LogP contribution < -0.4 is 10.1 Å². The molecule has 0 spiro atoms. The molecule has 2 heterocycles. The van der Waals surface area contributed by atoms with Gasteiger partial charge in [-0.05, 0) is 36.6 Å². The second kappa shape index (κ2) is 5.95. The lowest BCUT2D eigenvalue weighted by Gasteiger charge is -2.26. The van der Waals surface area contributed by atoms with Crippen molar-refractivity contribution in [2.45, 2.75) is 19.4 Å². The zero-order chi connectivity index (χ0) is 14.7. The number of para-hydroxylation sites is 1. The molecule has 2 atom stereocenters. The number of pyridine rings is 1. The number of rotatable bonds is 3. The van der Waals surface area contributed by atoms with Crippen LogP contribution in [0.5, 0.6) is 5.75 Å². The summed E-state index contributed by atoms with van der Waals surface area (Å²) in [7, 11) is 0. The third-order valence-electron chi connectivity index (χ3n) is 3.79. The van der Waals surface area contributed by atoms with Gasteiger partial charge in [0.2, 0.25) is 5.91 Å². The summed E-state index contributed by atoms with van der Waals surface area (Å²) in [6.45, 7) is 2.40. The van der Waals surface area contributed by atoms with E-state index in [1.165, 1.54) is 0 Å². The quantitative estimate of drug-likeness (QED) is 0.941. The average Bonchev–Trinajstić information content (AvgIpc) is 2.55. The van der Waals surface area contributed by atoms with E-state index in [0.29, 0.717) is 6.61 Å². The number of benzene rings is 1. The lowest BCUT2D eigenvalue weighted by atomic mass is 9.95. The minimum Gasteiger partial charge on any atom is -0.492 e. The molecule has 0 radical (unpaired) electrons. The summed E-state index contributed by atoms with van der Waals surface area (Å²) in [5.41, 5.74) is 2.10. The van der Waals surface area contributed by atoms with Gasteiger partial charge in [-0.3, -0.25) is 9.78 Å². The van der Waals surface area contributed by atoms with Crippen molar-refractivity contribution in [2.75, 3.05) is 6.61 Å². The zero-order valence-corrected chi connectivity index (χ0v) is 12.0. The summed E-state index contributed by atoms with van der Waals surface area (Å²) in [6.07, 6.45) is 4.23. The molecule has 1 amide bonds. The number of fused-ring (bicyclic) bond motifs is 1. The van der Waals surface area contributed by atoms with Crippen LogP contribution >= 0.6 is 0 Å². The van der Waals surface area contributed by atoms with Crippen LogP contribution in [0.4, 0.5) is 0 Å². The third-order valence-corrected chi connectivity index (χ3v) is 3.79. The van der Waals surface area contributed by atoms with Gasteiger partial charge in [0.15, 0.2) is 0 Å². The molecule has 108 valence electrons. The Hall–Kier alpha value is -2.36. The van der Waals surface area contributed by atoms with Gasteiger partial charge in [0.25, 0.3) is 0 Å². The van der Waals surface area contributed by atoms with E-state index in [1.807, 2.05) is 43.3 Å². The fourth-order valence-corrected chi connectivity index (χ4v) is 2.54. The first-order valence-corrected chi connectivity index (χ1v) is 7.15. The monoisotopic (exact) mass is 282 g/mol. The highest BCUT2D eigenvalue weighted by Gasteiger charge is 2.26. The smallest absolute Gasteiger partial charge is 0.227 e. The molecule has 1 aliphatic heterocycles. The van der Waals surface area contributed by atoms with E-state index < -0.39 is 0 Å². The minimum absolute atomic E-state index is 0.0286. The lowest BCUT2D eigenvalue weighted by molar-refractivity contribution is -0.126. The maximum atomic E-state index is 12.4. The largest absolute Gasteiger partial charge is 0.492 e. The van der Waals surface area contributed by atoms with Crippen LogP contribution in [-0.2, 0) is 11.2 Å². The van der Waals surface area contributed by atoms with E-state index in [-0.39, 0.29) is 17.9 Å². The first kappa shape index (κ1) is 13.6. The van der Waals surface area contributed by atoms with Crippen LogP contribution in [0.1, 0.15) is 24.1 Å². The second-order valence-corrected chi connectivity index (χ2v) is 5.34. The number of carbonyl (C=O) groups is 1. The van der Waals surface area contributed by atoms with E-state index in [0.717, 1.165) is 23.3 Å². The Labute approximate surface area is 124 Å². The van der Waals surface area contributed by atoms with Crippen molar-refractivity contribution in [3.63, 3.8) is 0 Å². The van der Waals surface area contributed by atoms with Crippen LogP contribution in [0.15, 0.2) is 48.8 Å². The number of hydrogen-bond acceptors (Lipinski definition) is 3. The Morgan fingerprint density at radius 3 is 3.00 bits per heavy atom. The molecule has 2 unspecified atom stereocenters. The zero-order valence-electron chi connectivity index (χ0n) is 12.0. The number of aromatic nitrogens is 1. The van der Waals surface area contributed by atoms with E-state index in [9.17, 15) is 4.79 Å². The van der Waals surface area contributed by atoms with E-state index in [1.54, 1.807) is 12.4 Å². The van der Waals surface area contributed by atoms with Gasteiger partial charge in [-0.1, -0.05) is 24.3 Å². The summed E-state index contributed by atoms with van der Waals surface area (Å²) in [5.74, 6) is 0.779. The SMILES string of the molecule is CC(NC(=O)C1COc2ccccc2C1)c1cccnc1. The molecule has 0 saturated heterocycles. The minimum atomic E-state index is -0.140. The van der Waals surface area contributed by atoms with Gasteiger partial charge in [-0.25, -0.2) is 0 Å². The molecule has 21 heavy (non-hydrogen) atoms. The molecule has 2 aromatic rings. The Morgan fingerprint density at radius 2 is 2.19 bits per heavy atom. The summed E-state index contributed by atoms with van der Waals surface area (Å²) in [6, 6.07) is 11.7. The molecular weight excluding hydrogens is 264 g/mol. The summed E-state index contributed by atoms with van der Waals surface area (Å²) in [4.78, 5) is 16.5. The molecule has 1 aromatic heterocycles. The number of ether oxygens (including phenoxy) is 1. The Morgan fingerprint density at radius 1 is 1.33 bits per heavy atom. The Balaban J connectivity index is 1.65. The van der Waals surface area contributed by atoms with Gasteiger partial charge in [0.1, 0.15) is 12.4 Å². The van der Waals surface area contributed by atoms with Crippen molar-refractivity contribution in [1.29, 1.82) is 0 Å². The van der Waals surface area contributed by atoms with E-state index in [2.05, 4.69) is 10.3 Å². The molecule has 0 aliphatic carbocycles. The molecule has 3 rings (SSSR count). The molecular formula is C17H18N2O2. The normalized spacial score (nSPS) is 18.2. The third kappa shape index (κ3) is 3.05. The van der Waals surface area contributed by atoms with Crippen LogP contribution in [0, 0.1) is 5.92 Å². The van der Waals surface area contributed by atoms with Gasteiger partial charge in [0.05, 0.1) is 12.0 Å². The maximum absolute atomic E-state index is 12.4. The standard InChI is InChI=1S/C17H18N2O2/c1-12(14-6-4-8-18-10-14)19-17(20)15-9-13-5-2-3-7-16(13)21-11-15/h2-8,10,12,15H,9,11H2,1H3,(H,19,20). The van der Waals surface area contributed by atoms with Crippen LogP contribution in [0.3, 0.4) is 0 Å². The fourth-order valence-electron chi connectivity index (χ4n) is 2.54. The van der Waals surface area contributed by atoms with Gasteiger partial charge in [-0.15, -0.1) is 0 Å². The van der Waals surface area contributed by atoms with Crippen LogP contribution in [0.2, 0.25) is 0 Å². The van der Waals surface area contributed by atoms with Gasteiger partial charge >= 0.3 is 0 Å². The molecule has 4 heteroatoms. The fraction of sp³-hybridized carbons (Fsp3) is 0.294. The van der Waals surface area contributed by atoms with Crippen molar-refractivity contribution >= 4 is 5.91 Å². The van der Waals surface area contributed by atoms with Gasteiger partial charge in [-0.2, -0.15) is 0 Å². The van der Waals surface area contributed by atoms with Crippen molar-refractivity contribution in [3.8, 4) is 5.75 Å². The van der Waals surface area contributed by atoms with Crippen molar-refractivity contribution in [2.24, 2.45) is 5.92 Å². The maximum Gasteiger partial charge on any atom is 0.227 e. The Kier molecular flexibility index (Phi) is 3.86. The van der Waals surface area contributed by atoms with Crippen LogP contribution in [-0.4, -0.2) is 17.5 Å².